The van der Waals surface area contributed by atoms with Crippen molar-refractivity contribution in [1.82, 2.24) is 4.98 Å². The fourth-order valence-electron chi connectivity index (χ4n) is 3.17. The Morgan fingerprint density at radius 2 is 1.93 bits per heavy atom. The number of carbonyl (C=O) groups is 2. The number of carbonyl (C=O) groups excluding carboxylic acids is 2. The number of nitrogens with one attached hydrogen (secondary N) is 2. The van der Waals surface area contributed by atoms with Crippen molar-refractivity contribution in [2.24, 2.45) is 0 Å². The minimum Gasteiger partial charge on any atom is -0.486 e. The fraction of sp³-hybridized carbons (Fsp3) is 0.400. The highest BCUT2D eigenvalue weighted by molar-refractivity contribution is 6.04. The lowest BCUT2D eigenvalue weighted by Crippen LogP contribution is -2.27. The first-order chi connectivity index (χ1) is 12.9. The number of Topliss-reactive ketones (excluding diaryl/α,β-unsaturated/α-hetero) is 1. The molecule has 144 valence electrons. The summed E-state index contributed by atoms with van der Waals surface area (Å²) in [5, 5.41) is 3.18. The van der Waals surface area contributed by atoms with Crippen LogP contribution in [0.5, 0.6) is 11.5 Å². The van der Waals surface area contributed by atoms with Crippen LogP contribution < -0.4 is 14.8 Å². The zero-order chi connectivity index (χ0) is 19.6. The summed E-state index contributed by atoms with van der Waals surface area (Å²) in [5.74, 6) is 0.791. The van der Waals surface area contributed by atoms with E-state index in [4.69, 9.17) is 14.2 Å². The van der Waals surface area contributed by atoms with Gasteiger partial charge >= 0.3 is 5.97 Å². The van der Waals surface area contributed by atoms with Gasteiger partial charge < -0.3 is 24.5 Å². The normalized spacial score (nSPS) is 13.8. The summed E-state index contributed by atoms with van der Waals surface area (Å²) in [5.41, 5.74) is 2.82. The average Bonchev–Trinajstić information content (AvgIpc) is 2.95. The molecule has 1 atom stereocenters. The highest BCUT2D eigenvalue weighted by atomic mass is 16.6. The zero-order valence-electron chi connectivity index (χ0n) is 16.0. The molecule has 1 aromatic carbocycles. The monoisotopic (exact) mass is 372 g/mol. The van der Waals surface area contributed by atoms with Gasteiger partial charge in [-0.25, -0.2) is 4.79 Å². The molecule has 0 radical (unpaired) electrons. The SMILES string of the molecule is CCOC(=O)c1c(C)[nH]c(C(=O)[C@@H](C)Nc2ccc3c(c2)OCCO3)c1C. The standard InChI is InChI=1S/C20H24N2O5/c1-5-25-20(24)17-11(2)18(22-12(17)3)19(23)13(4)21-14-6-7-15-16(10-14)27-9-8-26-15/h6-7,10,13,21-22H,5,8-9H2,1-4H3/t13-/m1/s1. The number of hydrogen-bond donors (Lipinski definition) is 2. The molecule has 0 saturated heterocycles. The van der Waals surface area contributed by atoms with E-state index in [1.807, 2.05) is 18.2 Å². The van der Waals surface area contributed by atoms with Crippen LogP contribution in [-0.2, 0) is 4.74 Å². The van der Waals surface area contributed by atoms with Crippen molar-refractivity contribution in [3.63, 3.8) is 0 Å². The van der Waals surface area contributed by atoms with Crippen molar-refractivity contribution in [3.8, 4) is 11.5 Å². The maximum absolute atomic E-state index is 12.9. The summed E-state index contributed by atoms with van der Waals surface area (Å²) >= 11 is 0. The Labute approximate surface area is 158 Å². The van der Waals surface area contributed by atoms with Gasteiger partial charge in [0.25, 0.3) is 0 Å². The second-order valence-electron chi connectivity index (χ2n) is 6.43. The highest BCUT2D eigenvalue weighted by Crippen LogP contribution is 2.33. The summed E-state index contributed by atoms with van der Waals surface area (Å²) in [6.07, 6.45) is 0. The summed E-state index contributed by atoms with van der Waals surface area (Å²) in [6, 6.07) is 4.97. The van der Waals surface area contributed by atoms with Crippen LogP contribution in [0.4, 0.5) is 5.69 Å². The van der Waals surface area contributed by atoms with Gasteiger partial charge in [-0.2, -0.15) is 0 Å². The summed E-state index contributed by atoms with van der Waals surface area (Å²) in [7, 11) is 0. The van der Waals surface area contributed by atoms with E-state index in [-0.39, 0.29) is 12.4 Å². The molecule has 0 bridgehead atoms. The van der Waals surface area contributed by atoms with Gasteiger partial charge in [0.2, 0.25) is 5.78 Å². The van der Waals surface area contributed by atoms with Gasteiger partial charge in [-0.1, -0.05) is 0 Å². The molecule has 0 aliphatic carbocycles. The number of aromatic nitrogens is 1. The molecular weight excluding hydrogens is 348 g/mol. The molecule has 1 aliphatic rings. The Kier molecular flexibility index (Phi) is 5.39. The second kappa shape index (κ2) is 7.73. The van der Waals surface area contributed by atoms with E-state index in [9.17, 15) is 9.59 Å². The molecule has 27 heavy (non-hydrogen) atoms. The smallest absolute Gasteiger partial charge is 0.340 e. The lowest BCUT2D eigenvalue weighted by atomic mass is 10.0. The van der Waals surface area contributed by atoms with Gasteiger partial charge in [0.05, 0.1) is 23.9 Å². The molecule has 2 heterocycles. The molecule has 7 heteroatoms. The van der Waals surface area contributed by atoms with Crippen LogP contribution in [-0.4, -0.2) is 42.6 Å². The Hall–Kier alpha value is -2.96. The van der Waals surface area contributed by atoms with Crippen LogP contribution in [0.3, 0.4) is 0 Å². The molecule has 0 unspecified atom stereocenters. The van der Waals surface area contributed by atoms with E-state index in [1.54, 1.807) is 27.7 Å². The lowest BCUT2D eigenvalue weighted by molar-refractivity contribution is 0.0525. The van der Waals surface area contributed by atoms with Gasteiger partial charge in [0, 0.05) is 17.4 Å². The third-order valence-corrected chi connectivity index (χ3v) is 4.48. The predicted octanol–water partition coefficient (Wildman–Crippen LogP) is 3.26. The van der Waals surface area contributed by atoms with Gasteiger partial charge in [-0.3, -0.25) is 4.79 Å². The first kappa shape index (κ1) is 18.8. The fourth-order valence-corrected chi connectivity index (χ4v) is 3.17. The number of H-pyrrole nitrogens is 1. The van der Waals surface area contributed by atoms with Crippen LogP contribution >= 0.6 is 0 Å². The van der Waals surface area contributed by atoms with Gasteiger partial charge in [0.1, 0.15) is 13.2 Å². The molecular formula is C20H24N2O5. The number of aryl methyl sites for hydroxylation is 1. The van der Waals surface area contributed by atoms with Crippen molar-refractivity contribution >= 4 is 17.4 Å². The Morgan fingerprint density at radius 1 is 1.22 bits per heavy atom. The minimum atomic E-state index is -0.501. The summed E-state index contributed by atoms with van der Waals surface area (Å²) in [4.78, 5) is 28.1. The molecule has 7 nitrogen and oxygen atoms in total. The average molecular weight is 372 g/mol. The number of hydrogen-bond acceptors (Lipinski definition) is 6. The molecule has 0 amide bonds. The van der Waals surface area contributed by atoms with Crippen LogP contribution in [0, 0.1) is 13.8 Å². The van der Waals surface area contributed by atoms with Crippen molar-refractivity contribution < 1.29 is 23.8 Å². The van der Waals surface area contributed by atoms with Crippen molar-refractivity contribution in [3.05, 3.63) is 40.7 Å². The van der Waals surface area contributed by atoms with E-state index in [1.165, 1.54) is 0 Å². The molecule has 2 N–H and O–H groups in total. The number of ketones is 1. The van der Waals surface area contributed by atoms with Crippen molar-refractivity contribution in [1.29, 1.82) is 0 Å². The third-order valence-electron chi connectivity index (χ3n) is 4.48. The van der Waals surface area contributed by atoms with Crippen LogP contribution in [0.2, 0.25) is 0 Å². The maximum atomic E-state index is 12.9. The molecule has 1 aliphatic heterocycles. The lowest BCUT2D eigenvalue weighted by Gasteiger charge is -2.20. The Bertz CT molecular complexity index is 871. The van der Waals surface area contributed by atoms with E-state index in [0.717, 1.165) is 5.69 Å². The molecule has 0 saturated carbocycles. The van der Waals surface area contributed by atoms with Crippen LogP contribution in [0.25, 0.3) is 0 Å². The second-order valence-corrected chi connectivity index (χ2v) is 6.43. The molecule has 2 aromatic rings. The molecule has 3 rings (SSSR count). The summed E-state index contributed by atoms with van der Waals surface area (Å²) < 4.78 is 16.2. The zero-order valence-corrected chi connectivity index (χ0v) is 16.0. The first-order valence-corrected chi connectivity index (χ1v) is 8.99. The summed E-state index contributed by atoms with van der Waals surface area (Å²) in [6.45, 7) is 8.35. The van der Waals surface area contributed by atoms with Crippen molar-refractivity contribution in [2.45, 2.75) is 33.7 Å². The topological polar surface area (TPSA) is 89.7 Å². The number of anilines is 1. The number of benzene rings is 1. The molecule has 1 aromatic heterocycles. The van der Waals surface area contributed by atoms with Crippen LogP contribution in [0.15, 0.2) is 18.2 Å². The molecule has 0 fully saturated rings. The van der Waals surface area contributed by atoms with E-state index < -0.39 is 12.0 Å². The highest BCUT2D eigenvalue weighted by Gasteiger charge is 2.26. The van der Waals surface area contributed by atoms with Gasteiger partial charge in [0.15, 0.2) is 11.5 Å². The predicted molar refractivity (Wildman–Crippen MR) is 101 cm³/mol. The third kappa shape index (κ3) is 3.77. The van der Waals surface area contributed by atoms with E-state index >= 15 is 0 Å². The van der Waals surface area contributed by atoms with Gasteiger partial charge in [-0.05, 0) is 45.4 Å². The maximum Gasteiger partial charge on any atom is 0.340 e. The van der Waals surface area contributed by atoms with Gasteiger partial charge in [-0.15, -0.1) is 0 Å². The Balaban J connectivity index is 1.78. The van der Waals surface area contributed by atoms with E-state index in [2.05, 4.69) is 10.3 Å². The number of aromatic amines is 1. The first-order valence-electron chi connectivity index (χ1n) is 8.99. The quantitative estimate of drug-likeness (QED) is 0.598. The number of fused-ring (bicyclic) bond motifs is 1. The largest absolute Gasteiger partial charge is 0.486 e. The number of esters is 1. The Morgan fingerprint density at radius 3 is 2.63 bits per heavy atom. The minimum absolute atomic E-state index is 0.138. The van der Waals surface area contributed by atoms with E-state index in [0.29, 0.717) is 47.2 Å². The van der Waals surface area contributed by atoms with Crippen LogP contribution in [0.1, 0.15) is 46.0 Å². The number of ether oxygens (including phenoxy) is 3. The molecule has 0 spiro atoms. The van der Waals surface area contributed by atoms with Crippen molar-refractivity contribution in [2.75, 3.05) is 25.1 Å². The number of rotatable bonds is 6.